The van der Waals surface area contributed by atoms with E-state index >= 15 is 0 Å². The summed E-state index contributed by atoms with van der Waals surface area (Å²) in [6.45, 7) is 2.63. The number of aromatic amines is 1. The third kappa shape index (κ3) is 8.12. The standard InChI is InChI=1S/C28H30ClN3O8/c29-22-7-5-20(6-8-22)26(35)31-28(17-33,16-21-15-25(34)30-24-4-2-1-3-23(21)24)18-38-19-40-27(36)39-14-11-32-9-12-37-13-10-32/h1-8,15,17H,9-14,16,18-19H2,(H,30,34)(H,31,35). The van der Waals surface area contributed by atoms with Crippen molar-refractivity contribution in [1.82, 2.24) is 15.2 Å². The van der Waals surface area contributed by atoms with Gasteiger partial charge in [-0.05, 0) is 35.9 Å². The Morgan fingerprint density at radius 3 is 2.60 bits per heavy atom. The minimum absolute atomic E-state index is 0.0652. The number of para-hydroxylation sites is 1. The molecule has 11 nitrogen and oxygen atoms in total. The highest BCUT2D eigenvalue weighted by atomic mass is 35.5. The maximum Gasteiger partial charge on any atom is 0.510 e. The second-order valence-corrected chi connectivity index (χ2v) is 9.72. The second-order valence-electron chi connectivity index (χ2n) is 9.28. The van der Waals surface area contributed by atoms with Crippen molar-refractivity contribution in [2.24, 2.45) is 0 Å². The van der Waals surface area contributed by atoms with Crippen molar-refractivity contribution in [1.29, 1.82) is 0 Å². The van der Waals surface area contributed by atoms with Gasteiger partial charge in [0.05, 0.1) is 19.8 Å². The summed E-state index contributed by atoms with van der Waals surface area (Å²) in [5.41, 5.74) is -0.586. The quantitative estimate of drug-likeness (QED) is 0.145. The summed E-state index contributed by atoms with van der Waals surface area (Å²) in [5, 5.41) is 3.89. The van der Waals surface area contributed by atoms with Gasteiger partial charge in [-0.25, -0.2) is 4.79 Å². The number of nitrogens with one attached hydrogen (secondary N) is 2. The molecule has 1 aliphatic rings. The summed E-state index contributed by atoms with van der Waals surface area (Å²) < 4.78 is 20.9. The number of pyridine rings is 1. The van der Waals surface area contributed by atoms with Crippen molar-refractivity contribution < 1.29 is 33.3 Å². The molecular formula is C28H30ClN3O8. The van der Waals surface area contributed by atoms with Gasteiger partial charge in [0.25, 0.3) is 5.91 Å². The van der Waals surface area contributed by atoms with Crippen molar-refractivity contribution in [3.05, 3.63) is 81.1 Å². The van der Waals surface area contributed by atoms with Gasteiger partial charge < -0.3 is 34.0 Å². The highest BCUT2D eigenvalue weighted by molar-refractivity contribution is 6.30. The third-order valence-corrected chi connectivity index (χ3v) is 6.64. The lowest BCUT2D eigenvalue weighted by molar-refractivity contribution is -0.118. The number of amides is 1. The van der Waals surface area contributed by atoms with Gasteiger partial charge in [-0.3, -0.25) is 14.5 Å². The van der Waals surface area contributed by atoms with Crippen LogP contribution in [0.1, 0.15) is 15.9 Å². The fraction of sp³-hybridized carbons (Fsp3) is 0.357. The van der Waals surface area contributed by atoms with Crippen LogP contribution in [0.4, 0.5) is 4.79 Å². The van der Waals surface area contributed by atoms with E-state index < -0.39 is 24.4 Å². The maximum absolute atomic E-state index is 13.1. The van der Waals surface area contributed by atoms with Crippen molar-refractivity contribution in [3.63, 3.8) is 0 Å². The fourth-order valence-electron chi connectivity index (χ4n) is 4.34. The molecule has 1 amide bonds. The molecule has 2 heterocycles. The Morgan fingerprint density at radius 1 is 1.10 bits per heavy atom. The van der Waals surface area contributed by atoms with Crippen LogP contribution >= 0.6 is 11.6 Å². The predicted octanol–water partition coefficient (Wildman–Crippen LogP) is 2.55. The number of ether oxygens (including phenoxy) is 4. The molecular weight excluding hydrogens is 542 g/mol. The van der Waals surface area contributed by atoms with E-state index in [0.717, 1.165) is 13.1 Å². The number of aromatic nitrogens is 1. The molecule has 0 saturated carbocycles. The van der Waals surface area contributed by atoms with Crippen LogP contribution in [0, 0.1) is 0 Å². The fourth-order valence-corrected chi connectivity index (χ4v) is 4.46. The number of aldehydes is 1. The van der Waals surface area contributed by atoms with Crippen LogP contribution in [-0.4, -0.2) is 86.6 Å². The summed E-state index contributed by atoms with van der Waals surface area (Å²) in [7, 11) is 0. The van der Waals surface area contributed by atoms with Crippen molar-refractivity contribution in [2.75, 3.05) is 52.9 Å². The van der Waals surface area contributed by atoms with E-state index in [-0.39, 0.29) is 30.8 Å². The van der Waals surface area contributed by atoms with E-state index in [4.69, 9.17) is 30.5 Å². The van der Waals surface area contributed by atoms with Gasteiger partial charge in [-0.1, -0.05) is 29.8 Å². The zero-order valence-corrected chi connectivity index (χ0v) is 22.5. The molecule has 0 radical (unpaired) electrons. The Labute approximate surface area is 235 Å². The number of fused-ring (bicyclic) bond motifs is 1. The van der Waals surface area contributed by atoms with E-state index in [0.29, 0.717) is 47.5 Å². The predicted molar refractivity (Wildman–Crippen MR) is 146 cm³/mol. The Morgan fingerprint density at radius 2 is 1.85 bits per heavy atom. The van der Waals surface area contributed by atoms with Gasteiger partial charge in [0.1, 0.15) is 18.4 Å². The lowest BCUT2D eigenvalue weighted by Crippen LogP contribution is -2.55. The summed E-state index contributed by atoms with van der Waals surface area (Å²) in [6.07, 6.45) is -0.433. The van der Waals surface area contributed by atoms with Crippen LogP contribution in [0.2, 0.25) is 5.02 Å². The first-order chi connectivity index (χ1) is 19.4. The van der Waals surface area contributed by atoms with E-state index in [2.05, 4.69) is 15.2 Å². The van der Waals surface area contributed by atoms with Gasteiger partial charge in [-0.2, -0.15) is 0 Å². The molecule has 1 saturated heterocycles. The Kier molecular flexibility index (Phi) is 10.3. The number of H-pyrrole nitrogens is 1. The monoisotopic (exact) mass is 571 g/mol. The number of hydrogen-bond acceptors (Lipinski definition) is 9. The number of hydrogen-bond donors (Lipinski definition) is 2. The van der Waals surface area contributed by atoms with Crippen molar-refractivity contribution in [3.8, 4) is 0 Å². The van der Waals surface area contributed by atoms with Gasteiger partial charge in [0, 0.05) is 53.6 Å². The van der Waals surface area contributed by atoms with Crippen LogP contribution in [-0.2, 0) is 30.2 Å². The summed E-state index contributed by atoms with van der Waals surface area (Å²) >= 11 is 5.94. The van der Waals surface area contributed by atoms with Crippen molar-refractivity contribution in [2.45, 2.75) is 12.0 Å². The summed E-state index contributed by atoms with van der Waals surface area (Å²) in [5.74, 6) is -0.551. The van der Waals surface area contributed by atoms with Gasteiger partial charge in [0.2, 0.25) is 5.56 Å². The Hall–Kier alpha value is -3.77. The normalized spacial score (nSPS) is 15.2. The van der Waals surface area contributed by atoms with E-state index in [1.165, 1.54) is 18.2 Å². The van der Waals surface area contributed by atoms with Crippen LogP contribution in [0.5, 0.6) is 0 Å². The largest absolute Gasteiger partial charge is 0.510 e. The molecule has 3 aromatic rings. The minimum atomic E-state index is -1.60. The number of nitrogens with zero attached hydrogens (tertiary/aromatic N) is 1. The van der Waals surface area contributed by atoms with Gasteiger partial charge in [-0.15, -0.1) is 0 Å². The highest BCUT2D eigenvalue weighted by Crippen LogP contribution is 2.21. The van der Waals surface area contributed by atoms with Crippen LogP contribution in [0.3, 0.4) is 0 Å². The number of rotatable bonds is 12. The number of carbonyl (C=O) groups excluding carboxylic acids is 3. The van der Waals surface area contributed by atoms with E-state index in [1.54, 1.807) is 36.4 Å². The summed E-state index contributed by atoms with van der Waals surface area (Å²) in [6, 6.07) is 14.6. The molecule has 212 valence electrons. The Bertz CT molecular complexity index is 1370. The topological polar surface area (TPSA) is 136 Å². The lowest BCUT2D eigenvalue weighted by atomic mass is 9.90. The summed E-state index contributed by atoms with van der Waals surface area (Å²) in [4.78, 5) is 54.8. The molecule has 1 aliphatic heterocycles. The van der Waals surface area contributed by atoms with Crippen LogP contribution in [0.15, 0.2) is 59.4 Å². The number of morpholine rings is 1. The minimum Gasteiger partial charge on any atom is -0.433 e. The first-order valence-electron chi connectivity index (χ1n) is 12.7. The number of carbonyl (C=O) groups is 3. The molecule has 40 heavy (non-hydrogen) atoms. The molecule has 12 heteroatoms. The average molecular weight is 572 g/mol. The molecule has 1 atom stereocenters. The molecule has 4 rings (SSSR count). The smallest absolute Gasteiger partial charge is 0.433 e. The highest BCUT2D eigenvalue weighted by Gasteiger charge is 2.34. The maximum atomic E-state index is 13.1. The Balaban J connectivity index is 1.43. The lowest BCUT2D eigenvalue weighted by Gasteiger charge is -2.29. The zero-order chi connectivity index (χ0) is 28.4. The number of benzene rings is 2. The SMILES string of the molecule is O=CC(COCOC(=O)OCCN1CCOCC1)(Cc1cc(=O)[nH]c2ccccc12)NC(=O)c1ccc(Cl)cc1. The van der Waals surface area contributed by atoms with Gasteiger partial charge >= 0.3 is 6.16 Å². The molecule has 0 spiro atoms. The second kappa shape index (κ2) is 14.0. The van der Waals surface area contributed by atoms with Crippen LogP contribution < -0.4 is 10.9 Å². The van der Waals surface area contributed by atoms with Crippen LogP contribution in [0.25, 0.3) is 10.9 Å². The molecule has 1 aromatic heterocycles. The molecule has 1 unspecified atom stereocenters. The molecule has 0 bridgehead atoms. The molecule has 2 aromatic carbocycles. The van der Waals surface area contributed by atoms with Crippen molar-refractivity contribution >= 4 is 40.9 Å². The zero-order valence-electron chi connectivity index (χ0n) is 21.7. The molecule has 1 fully saturated rings. The van der Waals surface area contributed by atoms with Gasteiger partial charge in [0.15, 0.2) is 6.79 Å². The third-order valence-electron chi connectivity index (χ3n) is 6.39. The molecule has 2 N–H and O–H groups in total. The average Bonchev–Trinajstić information content (AvgIpc) is 2.96. The number of halogens is 1. The van der Waals surface area contributed by atoms with E-state index in [1.807, 2.05) is 0 Å². The first kappa shape index (κ1) is 29.2. The molecule has 0 aliphatic carbocycles. The van der Waals surface area contributed by atoms with E-state index in [9.17, 15) is 19.2 Å². The first-order valence-corrected chi connectivity index (χ1v) is 13.1.